The van der Waals surface area contributed by atoms with Crippen molar-refractivity contribution in [3.63, 3.8) is 0 Å². The fourth-order valence-corrected chi connectivity index (χ4v) is 1.44. The zero-order valence-corrected chi connectivity index (χ0v) is 7.13. The zero-order chi connectivity index (χ0) is 9.26. The van der Waals surface area contributed by atoms with Gasteiger partial charge in [0, 0.05) is 11.9 Å². The van der Waals surface area contributed by atoms with Gasteiger partial charge in [-0.05, 0) is 23.1 Å². The summed E-state index contributed by atoms with van der Waals surface area (Å²) in [5, 5.41) is 1.56. The van der Waals surface area contributed by atoms with E-state index in [4.69, 9.17) is 5.73 Å². The number of halogens is 1. The summed E-state index contributed by atoms with van der Waals surface area (Å²) in [6, 6.07) is 10.8. The maximum absolute atomic E-state index is 13.4. The third-order valence-corrected chi connectivity index (χ3v) is 2.11. The van der Waals surface area contributed by atoms with Crippen LogP contribution in [0.5, 0.6) is 0 Å². The number of benzene rings is 2. The summed E-state index contributed by atoms with van der Waals surface area (Å²) in [7, 11) is 0. The largest absolute Gasteiger partial charge is 0.326 e. The van der Waals surface area contributed by atoms with Crippen LogP contribution in [-0.2, 0) is 6.54 Å². The van der Waals surface area contributed by atoms with E-state index in [1.54, 1.807) is 6.07 Å². The highest BCUT2D eigenvalue weighted by molar-refractivity contribution is 5.83. The Hall–Kier alpha value is -1.41. The number of hydrogen-bond acceptors (Lipinski definition) is 1. The molecule has 2 heteroatoms. The first-order valence-corrected chi connectivity index (χ1v) is 4.18. The lowest BCUT2D eigenvalue weighted by Gasteiger charge is -2.02. The molecule has 2 rings (SSSR count). The van der Waals surface area contributed by atoms with Crippen molar-refractivity contribution in [2.45, 2.75) is 6.54 Å². The van der Waals surface area contributed by atoms with Gasteiger partial charge in [-0.1, -0.05) is 24.3 Å². The van der Waals surface area contributed by atoms with Crippen molar-refractivity contribution in [1.29, 1.82) is 0 Å². The van der Waals surface area contributed by atoms with Crippen LogP contribution in [0.25, 0.3) is 10.8 Å². The summed E-state index contributed by atoms with van der Waals surface area (Å²) in [5.74, 6) is -0.196. The Morgan fingerprint density at radius 2 is 1.92 bits per heavy atom. The summed E-state index contributed by atoms with van der Waals surface area (Å²) >= 11 is 0. The van der Waals surface area contributed by atoms with Gasteiger partial charge in [0.2, 0.25) is 0 Å². The van der Waals surface area contributed by atoms with Gasteiger partial charge in [-0.3, -0.25) is 0 Å². The lowest BCUT2D eigenvalue weighted by molar-refractivity contribution is 0.637. The Morgan fingerprint density at radius 1 is 1.15 bits per heavy atom. The molecule has 66 valence electrons. The molecule has 2 N–H and O–H groups in total. The molecule has 0 amide bonds. The van der Waals surface area contributed by atoms with E-state index in [-0.39, 0.29) is 5.82 Å². The van der Waals surface area contributed by atoms with E-state index in [1.807, 2.05) is 24.3 Å². The molecule has 0 atom stereocenters. The molecule has 0 saturated carbocycles. The van der Waals surface area contributed by atoms with Gasteiger partial charge in [0.25, 0.3) is 0 Å². The van der Waals surface area contributed by atoms with Crippen LogP contribution in [0, 0.1) is 5.82 Å². The molecule has 0 spiro atoms. The summed E-state index contributed by atoms with van der Waals surface area (Å²) in [5.41, 5.74) is 6.27. The zero-order valence-electron chi connectivity index (χ0n) is 7.13. The number of nitrogens with two attached hydrogens (primary N) is 1. The fourth-order valence-electron chi connectivity index (χ4n) is 1.44. The van der Waals surface area contributed by atoms with Gasteiger partial charge in [0.05, 0.1) is 0 Å². The minimum atomic E-state index is -0.196. The molecule has 0 aliphatic heterocycles. The van der Waals surface area contributed by atoms with Gasteiger partial charge in [-0.25, -0.2) is 4.39 Å². The first-order valence-electron chi connectivity index (χ1n) is 4.18. The van der Waals surface area contributed by atoms with Crippen molar-refractivity contribution in [2.24, 2.45) is 5.73 Å². The molecule has 0 saturated heterocycles. The molecule has 2 aromatic rings. The molecule has 0 aromatic heterocycles. The summed E-state index contributed by atoms with van der Waals surface area (Å²) < 4.78 is 13.4. The number of hydrogen-bond donors (Lipinski definition) is 1. The van der Waals surface area contributed by atoms with Crippen molar-refractivity contribution >= 4 is 10.8 Å². The van der Waals surface area contributed by atoms with Crippen LogP contribution < -0.4 is 5.73 Å². The predicted octanol–water partition coefficient (Wildman–Crippen LogP) is 2.44. The van der Waals surface area contributed by atoms with Crippen LogP contribution >= 0.6 is 0 Å². The monoisotopic (exact) mass is 175 g/mol. The van der Waals surface area contributed by atoms with E-state index in [9.17, 15) is 4.39 Å². The van der Waals surface area contributed by atoms with Gasteiger partial charge in [-0.15, -0.1) is 0 Å². The van der Waals surface area contributed by atoms with E-state index in [2.05, 4.69) is 0 Å². The third-order valence-electron chi connectivity index (χ3n) is 2.11. The van der Waals surface area contributed by atoms with Crippen molar-refractivity contribution in [3.05, 3.63) is 47.8 Å². The normalized spacial score (nSPS) is 10.6. The maximum atomic E-state index is 13.4. The van der Waals surface area contributed by atoms with E-state index < -0.39 is 0 Å². The topological polar surface area (TPSA) is 26.0 Å². The van der Waals surface area contributed by atoms with Gasteiger partial charge in [-0.2, -0.15) is 0 Å². The molecule has 0 aliphatic carbocycles. The average molecular weight is 175 g/mol. The first-order chi connectivity index (χ1) is 6.31. The predicted molar refractivity (Wildman–Crippen MR) is 51.8 cm³/mol. The fraction of sp³-hybridized carbons (Fsp3) is 0.0909. The molecule has 13 heavy (non-hydrogen) atoms. The highest BCUT2D eigenvalue weighted by Crippen LogP contribution is 2.19. The lowest BCUT2D eigenvalue weighted by Crippen LogP contribution is -1.96. The van der Waals surface area contributed by atoms with Gasteiger partial charge >= 0.3 is 0 Å². The maximum Gasteiger partial charge on any atom is 0.131 e. The molecule has 0 unspecified atom stereocenters. The second-order valence-corrected chi connectivity index (χ2v) is 3.00. The smallest absolute Gasteiger partial charge is 0.131 e. The summed E-state index contributed by atoms with van der Waals surface area (Å²) in [4.78, 5) is 0. The molecule has 2 aromatic carbocycles. The Balaban J connectivity index is 2.77. The molecule has 0 fully saturated rings. The molecule has 0 aliphatic rings. The van der Waals surface area contributed by atoms with Crippen molar-refractivity contribution < 1.29 is 4.39 Å². The Morgan fingerprint density at radius 3 is 2.69 bits per heavy atom. The van der Waals surface area contributed by atoms with Gasteiger partial charge in [0.1, 0.15) is 5.82 Å². The molecular formula is C11H10FN. The average Bonchev–Trinajstić information content (AvgIpc) is 2.18. The van der Waals surface area contributed by atoms with E-state index in [0.29, 0.717) is 11.9 Å². The quantitative estimate of drug-likeness (QED) is 0.707. The number of rotatable bonds is 1. The lowest BCUT2D eigenvalue weighted by atomic mass is 10.1. The van der Waals surface area contributed by atoms with Crippen molar-refractivity contribution in [2.75, 3.05) is 0 Å². The van der Waals surface area contributed by atoms with E-state index in [1.165, 1.54) is 6.07 Å². The standard InChI is InChI=1S/C11H10FN/c12-11-6-8(7-13)5-9-3-1-2-4-10(9)11/h1-6H,7,13H2. The minimum Gasteiger partial charge on any atom is -0.326 e. The summed E-state index contributed by atoms with van der Waals surface area (Å²) in [6.07, 6.45) is 0. The Kier molecular flexibility index (Phi) is 1.99. The Labute approximate surface area is 76.0 Å². The Bertz CT molecular complexity index is 437. The number of fused-ring (bicyclic) bond motifs is 1. The van der Waals surface area contributed by atoms with E-state index in [0.717, 1.165) is 10.9 Å². The van der Waals surface area contributed by atoms with Crippen LogP contribution in [0.15, 0.2) is 36.4 Å². The molecule has 1 nitrogen and oxygen atoms in total. The second kappa shape index (κ2) is 3.15. The van der Waals surface area contributed by atoms with Crippen LogP contribution in [0.4, 0.5) is 4.39 Å². The first kappa shape index (κ1) is 8.20. The molecule has 0 radical (unpaired) electrons. The molecule has 0 heterocycles. The van der Waals surface area contributed by atoms with Crippen LogP contribution in [0.3, 0.4) is 0 Å². The second-order valence-electron chi connectivity index (χ2n) is 3.00. The minimum absolute atomic E-state index is 0.196. The van der Waals surface area contributed by atoms with Crippen molar-refractivity contribution in [1.82, 2.24) is 0 Å². The molecular weight excluding hydrogens is 165 g/mol. The van der Waals surface area contributed by atoms with Crippen molar-refractivity contribution in [3.8, 4) is 0 Å². The van der Waals surface area contributed by atoms with Crippen LogP contribution in [0.2, 0.25) is 0 Å². The molecule has 0 bridgehead atoms. The highest BCUT2D eigenvalue weighted by Gasteiger charge is 2.01. The van der Waals surface area contributed by atoms with Gasteiger partial charge < -0.3 is 5.73 Å². The SMILES string of the molecule is NCc1cc(F)c2ccccc2c1. The summed E-state index contributed by atoms with van der Waals surface area (Å²) in [6.45, 7) is 0.377. The van der Waals surface area contributed by atoms with Gasteiger partial charge in [0.15, 0.2) is 0 Å². The van der Waals surface area contributed by atoms with Crippen LogP contribution in [-0.4, -0.2) is 0 Å². The van der Waals surface area contributed by atoms with E-state index >= 15 is 0 Å². The van der Waals surface area contributed by atoms with Crippen LogP contribution in [0.1, 0.15) is 5.56 Å². The third kappa shape index (κ3) is 1.40. The highest BCUT2D eigenvalue weighted by atomic mass is 19.1.